The number of hydrogen-bond donors (Lipinski definition) is 1. The molecule has 0 fully saturated rings. The van der Waals surface area contributed by atoms with Crippen molar-refractivity contribution in [1.82, 2.24) is 5.32 Å². The molecule has 4 heteroatoms. The van der Waals surface area contributed by atoms with Crippen molar-refractivity contribution in [3.63, 3.8) is 0 Å². The Balaban J connectivity index is 2.27. The van der Waals surface area contributed by atoms with Gasteiger partial charge in [0.1, 0.15) is 5.82 Å². The molecule has 86 valence electrons. The summed E-state index contributed by atoms with van der Waals surface area (Å²) in [5.74, 6) is 4.06. The van der Waals surface area contributed by atoms with Crippen LogP contribution in [0.2, 0.25) is 0 Å². The van der Waals surface area contributed by atoms with Crippen LogP contribution in [0.25, 0.3) is 0 Å². The van der Waals surface area contributed by atoms with Gasteiger partial charge in [0.05, 0.1) is 10.2 Å². The van der Waals surface area contributed by atoms with E-state index in [1.165, 1.54) is 6.07 Å². The topological polar surface area (TPSA) is 12.0 Å². The number of hydrogen-bond acceptors (Lipinski definition) is 2. The van der Waals surface area contributed by atoms with E-state index in [2.05, 4.69) is 27.2 Å². The monoisotopic (exact) mass is 301 g/mol. The minimum Gasteiger partial charge on any atom is -0.312 e. The summed E-state index contributed by atoms with van der Waals surface area (Å²) in [7, 11) is 0. The van der Waals surface area contributed by atoms with Gasteiger partial charge in [-0.15, -0.1) is 18.2 Å². The molecule has 0 unspecified atom stereocenters. The van der Waals surface area contributed by atoms with Crippen LogP contribution in [0.15, 0.2) is 22.7 Å². The molecule has 0 aliphatic heterocycles. The lowest BCUT2D eigenvalue weighted by Crippen LogP contribution is -2.17. The van der Waals surface area contributed by atoms with Crippen LogP contribution in [-0.2, 0) is 6.54 Å². The van der Waals surface area contributed by atoms with Crippen LogP contribution >= 0.6 is 27.7 Å². The van der Waals surface area contributed by atoms with Gasteiger partial charge in [-0.05, 0) is 27.6 Å². The summed E-state index contributed by atoms with van der Waals surface area (Å²) in [5, 5.41) is 3.24. The minimum atomic E-state index is -0.221. The Kier molecular flexibility index (Phi) is 6.55. The molecule has 0 spiro atoms. The first-order chi connectivity index (χ1) is 7.75. The van der Waals surface area contributed by atoms with Gasteiger partial charge in [-0.25, -0.2) is 4.39 Å². The molecule has 0 aliphatic rings. The zero-order chi connectivity index (χ0) is 11.8. The van der Waals surface area contributed by atoms with Crippen LogP contribution in [0.3, 0.4) is 0 Å². The molecule has 1 aromatic carbocycles. The lowest BCUT2D eigenvalue weighted by molar-refractivity contribution is 0.614. The van der Waals surface area contributed by atoms with E-state index in [-0.39, 0.29) is 5.82 Å². The molecule has 1 N–H and O–H groups in total. The van der Waals surface area contributed by atoms with E-state index in [0.717, 1.165) is 23.6 Å². The zero-order valence-corrected chi connectivity index (χ0v) is 11.2. The quantitative estimate of drug-likeness (QED) is 0.640. The van der Waals surface area contributed by atoms with Crippen molar-refractivity contribution in [3.8, 4) is 12.3 Å². The Morgan fingerprint density at radius 3 is 3.06 bits per heavy atom. The van der Waals surface area contributed by atoms with Crippen LogP contribution < -0.4 is 5.32 Å². The van der Waals surface area contributed by atoms with Crippen molar-refractivity contribution in [2.75, 3.05) is 18.1 Å². The average molecular weight is 302 g/mol. The van der Waals surface area contributed by atoms with Gasteiger partial charge >= 0.3 is 0 Å². The predicted molar refractivity (Wildman–Crippen MR) is 72.0 cm³/mol. The number of rotatable bonds is 6. The van der Waals surface area contributed by atoms with Gasteiger partial charge in [-0.1, -0.05) is 18.1 Å². The van der Waals surface area contributed by atoms with Crippen molar-refractivity contribution < 1.29 is 4.39 Å². The van der Waals surface area contributed by atoms with Gasteiger partial charge in [0.2, 0.25) is 0 Å². The molecule has 0 aromatic heterocycles. The molecule has 0 atom stereocenters. The first kappa shape index (κ1) is 13.6. The van der Waals surface area contributed by atoms with E-state index in [4.69, 9.17) is 6.42 Å². The van der Waals surface area contributed by atoms with E-state index in [1.54, 1.807) is 17.8 Å². The van der Waals surface area contributed by atoms with E-state index in [9.17, 15) is 4.39 Å². The fraction of sp³-hybridized carbons (Fsp3) is 0.333. The Labute approximate surface area is 108 Å². The van der Waals surface area contributed by atoms with Crippen LogP contribution in [0, 0.1) is 18.2 Å². The molecular weight excluding hydrogens is 289 g/mol. The van der Waals surface area contributed by atoms with Gasteiger partial charge in [0, 0.05) is 18.8 Å². The summed E-state index contributed by atoms with van der Waals surface area (Å²) in [6, 6.07) is 5.05. The molecule has 0 radical (unpaired) electrons. The van der Waals surface area contributed by atoms with Crippen molar-refractivity contribution >= 4 is 27.7 Å². The zero-order valence-electron chi connectivity index (χ0n) is 8.80. The van der Waals surface area contributed by atoms with Gasteiger partial charge < -0.3 is 5.32 Å². The maximum atomic E-state index is 13.2. The lowest BCUT2D eigenvalue weighted by Gasteiger charge is -2.06. The summed E-state index contributed by atoms with van der Waals surface area (Å²) in [6.45, 7) is 1.53. The summed E-state index contributed by atoms with van der Waals surface area (Å²) in [4.78, 5) is 0. The second-order valence-electron chi connectivity index (χ2n) is 3.15. The first-order valence-corrected chi connectivity index (χ1v) is 6.85. The summed E-state index contributed by atoms with van der Waals surface area (Å²) in [6.07, 6.45) is 5.13. The highest BCUT2D eigenvalue weighted by atomic mass is 79.9. The highest BCUT2D eigenvalue weighted by molar-refractivity contribution is 9.10. The van der Waals surface area contributed by atoms with Crippen molar-refractivity contribution in [3.05, 3.63) is 34.1 Å². The average Bonchev–Trinajstić information content (AvgIpc) is 2.29. The van der Waals surface area contributed by atoms with Gasteiger partial charge in [0.25, 0.3) is 0 Å². The molecule has 16 heavy (non-hydrogen) atoms. The highest BCUT2D eigenvalue weighted by Crippen LogP contribution is 2.19. The fourth-order valence-electron chi connectivity index (χ4n) is 1.18. The highest BCUT2D eigenvalue weighted by Gasteiger charge is 2.03. The van der Waals surface area contributed by atoms with E-state index < -0.39 is 0 Å². The van der Waals surface area contributed by atoms with Crippen molar-refractivity contribution in [1.29, 1.82) is 0 Å². The molecule has 0 aliphatic carbocycles. The third kappa shape index (κ3) is 4.56. The van der Waals surface area contributed by atoms with Gasteiger partial charge in [0.15, 0.2) is 0 Å². The largest absolute Gasteiger partial charge is 0.312 e. The fourth-order valence-corrected chi connectivity index (χ4v) is 2.14. The van der Waals surface area contributed by atoms with Gasteiger partial charge in [-0.3, -0.25) is 0 Å². The van der Waals surface area contributed by atoms with Crippen LogP contribution in [0.5, 0.6) is 0 Å². The maximum Gasteiger partial charge on any atom is 0.137 e. The Bertz CT molecular complexity index is 376. The lowest BCUT2D eigenvalue weighted by atomic mass is 10.2. The first-order valence-electron chi connectivity index (χ1n) is 4.90. The molecule has 0 saturated heterocycles. The summed E-state index contributed by atoms with van der Waals surface area (Å²) in [5.41, 5.74) is 0.932. The number of thioether (sulfide) groups is 1. The number of nitrogens with one attached hydrogen (secondary N) is 1. The van der Waals surface area contributed by atoms with Crippen molar-refractivity contribution in [2.24, 2.45) is 0 Å². The molecule has 0 saturated carbocycles. The van der Waals surface area contributed by atoms with E-state index >= 15 is 0 Å². The van der Waals surface area contributed by atoms with Crippen molar-refractivity contribution in [2.45, 2.75) is 6.54 Å². The Morgan fingerprint density at radius 2 is 2.31 bits per heavy atom. The molecule has 1 aromatic rings. The number of benzene rings is 1. The molecular formula is C12H13BrFNS. The molecule has 1 rings (SSSR count). The summed E-state index contributed by atoms with van der Waals surface area (Å²) >= 11 is 4.94. The second kappa shape index (κ2) is 7.72. The standard InChI is InChI=1S/C12H13BrFNS/c1-2-7-16-8-6-15-9-10-4-3-5-11(14)12(10)13/h1,3-5,15H,6-9H2. The molecule has 0 bridgehead atoms. The SMILES string of the molecule is C#CCSCCNCc1cccc(F)c1Br. The van der Waals surface area contributed by atoms with Crippen LogP contribution in [-0.4, -0.2) is 18.1 Å². The molecule has 0 heterocycles. The third-order valence-electron chi connectivity index (χ3n) is 1.96. The number of halogens is 2. The second-order valence-corrected chi connectivity index (χ2v) is 5.04. The number of terminal acetylenes is 1. The van der Waals surface area contributed by atoms with E-state index in [1.807, 2.05) is 6.07 Å². The summed E-state index contributed by atoms with van der Waals surface area (Å²) < 4.78 is 13.7. The molecule has 1 nitrogen and oxygen atoms in total. The molecule has 0 amide bonds. The van der Waals surface area contributed by atoms with Gasteiger partial charge in [-0.2, -0.15) is 0 Å². The minimum absolute atomic E-state index is 0.221. The van der Waals surface area contributed by atoms with Crippen LogP contribution in [0.1, 0.15) is 5.56 Å². The van der Waals surface area contributed by atoms with E-state index in [0.29, 0.717) is 11.0 Å². The maximum absolute atomic E-state index is 13.2. The third-order valence-corrected chi connectivity index (χ3v) is 3.71. The predicted octanol–water partition coefficient (Wildman–Crippen LogP) is 3.04. The van der Waals surface area contributed by atoms with Crippen LogP contribution in [0.4, 0.5) is 4.39 Å². The normalized spacial score (nSPS) is 10.1. The Hall–Kier alpha value is -0.500. The smallest absolute Gasteiger partial charge is 0.137 e. The Morgan fingerprint density at radius 1 is 1.50 bits per heavy atom.